The third-order valence-electron chi connectivity index (χ3n) is 3.10. The molecule has 1 aliphatic heterocycles. The van der Waals surface area contributed by atoms with Gasteiger partial charge in [0.05, 0.1) is 12.7 Å². The lowest BCUT2D eigenvalue weighted by Crippen LogP contribution is -2.33. The van der Waals surface area contributed by atoms with E-state index in [1.165, 1.54) is 12.4 Å². The van der Waals surface area contributed by atoms with Crippen LogP contribution in [0.3, 0.4) is 0 Å². The van der Waals surface area contributed by atoms with E-state index in [4.69, 9.17) is 9.84 Å². The van der Waals surface area contributed by atoms with E-state index in [1.54, 1.807) is 6.08 Å². The number of hydrogen-bond donors (Lipinski definition) is 1. The van der Waals surface area contributed by atoms with Gasteiger partial charge in [0, 0.05) is 25.5 Å². The first-order chi connectivity index (χ1) is 9.61. The minimum Gasteiger partial charge on any atom is -0.480 e. The van der Waals surface area contributed by atoms with Crippen molar-refractivity contribution >= 4 is 11.8 Å². The smallest absolute Gasteiger partial charge is 0.323 e. The zero-order valence-electron chi connectivity index (χ0n) is 11.1. The van der Waals surface area contributed by atoms with Crippen LogP contribution in [0.1, 0.15) is 6.42 Å². The maximum Gasteiger partial charge on any atom is 0.323 e. The van der Waals surface area contributed by atoms with Crippen molar-refractivity contribution in [1.29, 1.82) is 0 Å². The van der Waals surface area contributed by atoms with E-state index in [1.807, 2.05) is 4.90 Å². The highest BCUT2D eigenvalue weighted by Crippen LogP contribution is 2.16. The largest absolute Gasteiger partial charge is 0.480 e. The Bertz CT molecular complexity index is 555. The molecule has 20 heavy (non-hydrogen) atoms. The molecule has 1 N–H and O–H groups in total. The van der Waals surface area contributed by atoms with Gasteiger partial charge in [0.15, 0.2) is 5.82 Å². The van der Waals surface area contributed by atoms with Gasteiger partial charge in [0.1, 0.15) is 6.54 Å². The lowest BCUT2D eigenvalue weighted by Gasteiger charge is -2.17. The minimum absolute atomic E-state index is 0.0438. The number of anilines is 1. The second-order valence-electron chi connectivity index (χ2n) is 4.56. The maximum atomic E-state index is 12.2. The number of aromatic nitrogens is 2. The average molecular weight is 279 g/mol. The van der Waals surface area contributed by atoms with E-state index < -0.39 is 5.97 Å². The number of rotatable bonds is 6. The number of ether oxygens (including phenoxy) is 1. The number of hydrogen-bond acceptors (Lipinski definition) is 5. The van der Waals surface area contributed by atoms with E-state index in [0.29, 0.717) is 19.7 Å². The number of carboxylic acids is 1. The lowest BCUT2D eigenvalue weighted by molar-refractivity contribution is -0.137. The fraction of sp³-hybridized carbons (Fsp3) is 0.462. The molecular weight excluding hydrogens is 262 g/mol. The summed E-state index contributed by atoms with van der Waals surface area (Å²) in [5.41, 5.74) is -0.390. The molecule has 0 unspecified atom stereocenters. The number of nitrogens with zero attached hydrogens (tertiary/aromatic N) is 3. The van der Waals surface area contributed by atoms with E-state index in [-0.39, 0.29) is 24.0 Å². The van der Waals surface area contributed by atoms with Gasteiger partial charge in [0.25, 0.3) is 5.56 Å². The Morgan fingerprint density at radius 3 is 3.15 bits per heavy atom. The summed E-state index contributed by atoms with van der Waals surface area (Å²) in [6.07, 6.45) is 5.35. The second kappa shape index (κ2) is 6.33. The van der Waals surface area contributed by atoms with Gasteiger partial charge in [-0.3, -0.25) is 14.2 Å². The maximum absolute atomic E-state index is 12.2. The molecule has 1 saturated heterocycles. The van der Waals surface area contributed by atoms with Crippen LogP contribution in [0.4, 0.5) is 5.82 Å². The molecule has 1 aromatic heterocycles. The molecule has 1 aromatic rings. The van der Waals surface area contributed by atoms with Gasteiger partial charge in [-0.25, -0.2) is 4.98 Å². The molecule has 7 heteroatoms. The summed E-state index contributed by atoms with van der Waals surface area (Å²) < 4.78 is 6.69. The predicted molar refractivity (Wildman–Crippen MR) is 72.9 cm³/mol. The summed E-state index contributed by atoms with van der Waals surface area (Å²) in [7, 11) is 0. The summed E-state index contributed by atoms with van der Waals surface area (Å²) in [6, 6.07) is 0. The minimum atomic E-state index is -1.06. The van der Waals surface area contributed by atoms with Crippen LogP contribution in [0.25, 0.3) is 0 Å². The molecule has 2 rings (SSSR count). The second-order valence-corrected chi connectivity index (χ2v) is 4.56. The van der Waals surface area contributed by atoms with Crippen molar-refractivity contribution in [1.82, 2.24) is 9.55 Å². The van der Waals surface area contributed by atoms with Crippen molar-refractivity contribution in [2.24, 2.45) is 0 Å². The van der Waals surface area contributed by atoms with Crippen molar-refractivity contribution < 1.29 is 14.6 Å². The van der Waals surface area contributed by atoms with Crippen molar-refractivity contribution in [3.63, 3.8) is 0 Å². The highest BCUT2D eigenvalue weighted by atomic mass is 16.5. The van der Waals surface area contributed by atoms with Gasteiger partial charge in [-0.2, -0.15) is 0 Å². The molecule has 0 bridgehead atoms. The molecule has 1 aliphatic rings. The zero-order valence-corrected chi connectivity index (χ0v) is 11.1. The van der Waals surface area contributed by atoms with Crippen LogP contribution in [0.5, 0.6) is 0 Å². The number of aliphatic carboxylic acids is 1. The first-order valence-electron chi connectivity index (χ1n) is 6.36. The van der Waals surface area contributed by atoms with Gasteiger partial charge in [-0.05, 0) is 6.42 Å². The van der Waals surface area contributed by atoms with Crippen molar-refractivity contribution in [3.05, 3.63) is 35.4 Å². The van der Waals surface area contributed by atoms with E-state index >= 15 is 0 Å². The first-order valence-corrected chi connectivity index (χ1v) is 6.36. The van der Waals surface area contributed by atoms with Gasteiger partial charge < -0.3 is 14.7 Å². The molecule has 0 aliphatic carbocycles. The van der Waals surface area contributed by atoms with Crippen LogP contribution in [-0.4, -0.2) is 46.4 Å². The van der Waals surface area contributed by atoms with E-state index in [9.17, 15) is 9.59 Å². The Labute approximate surface area is 116 Å². The number of carbonyl (C=O) groups is 1. The number of carboxylic acid groups (broad SMARTS) is 1. The average Bonchev–Trinajstić information content (AvgIpc) is 2.87. The van der Waals surface area contributed by atoms with E-state index in [2.05, 4.69) is 11.6 Å². The topological polar surface area (TPSA) is 84.7 Å². The normalized spacial score (nSPS) is 18.2. The molecule has 0 aromatic carbocycles. The summed E-state index contributed by atoms with van der Waals surface area (Å²) in [4.78, 5) is 28.7. The fourth-order valence-corrected chi connectivity index (χ4v) is 2.18. The Balaban J connectivity index is 2.12. The summed E-state index contributed by atoms with van der Waals surface area (Å²) in [5.74, 6) is -0.781. The van der Waals surface area contributed by atoms with Crippen LogP contribution in [0, 0.1) is 0 Å². The predicted octanol–water partition coefficient (Wildman–Crippen LogP) is 0.109. The fourth-order valence-electron chi connectivity index (χ4n) is 2.18. The summed E-state index contributed by atoms with van der Waals surface area (Å²) in [5, 5.41) is 8.76. The Hall–Kier alpha value is -2.15. The molecule has 0 saturated carbocycles. The molecule has 0 radical (unpaired) electrons. The zero-order chi connectivity index (χ0) is 14.5. The van der Waals surface area contributed by atoms with Crippen LogP contribution in [0.2, 0.25) is 0 Å². The monoisotopic (exact) mass is 279 g/mol. The molecule has 0 spiro atoms. The highest BCUT2D eigenvalue weighted by molar-refractivity contribution is 5.66. The van der Waals surface area contributed by atoms with Gasteiger partial charge >= 0.3 is 5.97 Å². The molecule has 7 nitrogen and oxygen atoms in total. The molecule has 108 valence electrons. The van der Waals surface area contributed by atoms with Crippen molar-refractivity contribution in [3.8, 4) is 0 Å². The molecule has 1 fully saturated rings. The molecular formula is C13H17N3O4. The molecule has 1 atom stereocenters. The van der Waals surface area contributed by atoms with Gasteiger partial charge in [-0.1, -0.05) is 6.08 Å². The standard InChI is InChI=1S/C13H17N3O4/c1-2-7-20-10-3-5-15(8-10)12-13(19)16(6-4-14-12)9-11(17)18/h2,4,6,10H,1,3,5,7-9H2,(H,17,18)/t10-/m0/s1. The van der Waals surface area contributed by atoms with Crippen LogP contribution in [0.15, 0.2) is 29.8 Å². The molecule has 0 amide bonds. The Morgan fingerprint density at radius 1 is 1.65 bits per heavy atom. The highest BCUT2D eigenvalue weighted by Gasteiger charge is 2.26. The quantitative estimate of drug-likeness (QED) is 0.744. The molecule has 2 heterocycles. The van der Waals surface area contributed by atoms with Gasteiger partial charge in [0.2, 0.25) is 0 Å². The van der Waals surface area contributed by atoms with Crippen molar-refractivity contribution in [2.75, 3.05) is 24.6 Å². The first kappa shape index (κ1) is 14.3. The Morgan fingerprint density at radius 2 is 2.45 bits per heavy atom. The SMILES string of the molecule is C=CCO[C@H]1CCN(c2nccn(CC(=O)O)c2=O)C1. The third-order valence-corrected chi connectivity index (χ3v) is 3.10. The summed E-state index contributed by atoms with van der Waals surface area (Å²) in [6.45, 7) is 4.95. The lowest BCUT2D eigenvalue weighted by atomic mass is 10.3. The van der Waals surface area contributed by atoms with Crippen LogP contribution >= 0.6 is 0 Å². The van der Waals surface area contributed by atoms with Crippen LogP contribution in [-0.2, 0) is 16.1 Å². The van der Waals surface area contributed by atoms with Crippen molar-refractivity contribution in [2.45, 2.75) is 19.1 Å². The Kier molecular flexibility index (Phi) is 4.52. The van der Waals surface area contributed by atoms with E-state index in [0.717, 1.165) is 11.0 Å². The third kappa shape index (κ3) is 3.24. The van der Waals surface area contributed by atoms with Crippen LogP contribution < -0.4 is 10.5 Å². The summed E-state index contributed by atoms with van der Waals surface area (Å²) >= 11 is 0. The van der Waals surface area contributed by atoms with Gasteiger partial charge in [-0.15, -0.1) is 6.58 Å².